The van der Waals surface area contributed by atoms with E-state index in [1.807, 2.05) is 12.1 Å². The zero-order valence-electron chi connectivity index (χ0n) is 11.3. The average molecular weight is 282 g/mol. The molecule has 0 saturated heterocycles. The Bertz CT molecular complexity index is 386. The first-order valence-corrected chi connectivity index (χ1v) is 6.07. The fraction of sp³-hybridized carbons (Fsp3) is 0.667. The highest BCUT2D eigenvalue weighted by molar-refractivity contribution is 5.74. The molecule has 20 heavy (non-hydrogen) atoms. The number of nitrogens with one attached hydrogen (secondary N) is 2. The summed E-state index contributed by atoms with van der Waals surface area (Å²) < 4.78 is 0. The summed E-state index contributed by atoms with van der Waals surface area (Å²) in [5, 5.41) is 35.3. The molecule has 0 aromatic carbocycles. The summed E-state index contributed by atoms with van der Waals surface area (Å²) in [5.41, 5.74) is 4.81. The molecule has 0 amide bonds. The highest BCUT2D eigenvalue weighted by atomic mass is 16.4. The smallest absolute Gasteiger partial charge is 0.322 e. The summed E-state index contributed by atoms with van der Waals surface area (Å²) in [6.45, 7) is 3.15. The molecule has 0 aliphatic rings. The van der Waals surface area contributed by atoms with Gasteiger partial charge in [-0.3, -0.25) is 9.59 Å². The number of carbonyl (C=O) groups is 2. The molecule has 0 saturated carbocycles. The Balaban J connectivity index is 4.57. The second kappa shape index (κ2) is 8.86. The summed E-state index contributed by atoms with van der Waals surface area (Å²) in [6, 6.07) is 1.66. The molecule has 0 spiro atoms. The highest BCUT2D eigenvalue weighted by Gasteiger charge is 2.24. The maximum absolute atomic E-state index is 11.0. The molecule has 0 aromatic rings. The molecule has 0 rings (SSSR count). The fourth-order valence-corrected chi connectivity index (χ4v) is 1.46. The van der Waals surface area contributed by atoms with Crippen molar-refractivity contribution in [2.75, 3.05) is 0 Å². The van der Waals surface area contributed by atoms with Gasteiger partial charge in [-0.25, -0.2) is 10.9 Å². The molecule has 4 unspecified atom stereocenters. The molecular formula is C12H18N4O4. The number of hydrazine groups is 1. The molecule has 0 aliphatic carbocycles. The molecule has 0 bridgehead atoms. The lowest BCUT2D eigenvalue weighted by Gasteiger charge is -2.20. The van der Waals surface area contributed by atoms with Crippen molar-refractivity contribution in [3.8, 4) is 12.1 Å². The van der Waals surface area contributed by atoms with Crippen molar-refractivity contribution < 1.29 is 19.8 Å². The van der Waals surface area contributed by atoms with E-state index in [-0.39, 0.29) is 12.8 Å². The van der Waals surface area contributed by atoms with Gasteiger partial charge in [0.05, 0.1) is 12.1 Å². The first-order chi connectivity index (χ1) is 9.31. The van der Waals surface area contributed by atoms with Crippen LogP contribution in [0.4, 0.5) is 0 Å². The number of aliphatic carboxylic acids is 2. The van der Waals surface area contributed by atoms with Crippen LogP contribution in [0.25, 0.3) is 0 Å². The maximum atomic E-state index is 11.0. The molecular weight excluding hydrogens is 264 g/mol. The van der Waals surface area contributed by atoms with Crippen molar-refractivity contribution in [1.29, 1.82) is 10.5 Å². The van der Waals surface area contributed by atoms with Gasteiger partial charge in [0.15, 0.2) is 0 Å². The Kier molecular flexibility index (Phi) is 7.90. The summed E-state index contributed by atoms with van der Waals surface area (Å²) in [7, 11) is 0. The SMILES string of the molecule is CC(C#N)CC(NNC(CC(C)C#N)C(=O)O)C(=O)O. The summed E-state index contributed by atoms with van der Waals surface area (Å²) in [5.74, 6) is -3.33. The van der Waals surface area contributed by atoms with E-state index in [9.17, 15) is 9.59 Å². The lowest BCUT2D eigenvalue weighted by Crippen LogP contribution is -2.53. The third kappa shape index (κ3) is 6.69. The Morgan fingerprint density at radius 3 is 1.45 bits per heavy atom. The van der Waals surface area contributed by atoms with E-state index < -0.39 is 35.9 Å². The lowest BCUT2D eigenvalue weighted by molar-refractivity contribution is -0.143. The van der Waals surface area contributed by atoms with Crippen LogP contribution in [0.1, 0.15) is 26.7 Å². The standard InChI is InChI=1S/C12H18N4O4/c1-7(5-13)3-9(11(17)18)15-16-10(12(19)20)4-8(2)6-14/h7-10,15-16H,3-4H2,1-2H3,(H,17,18)(H,19,20). The van der Waals surface area contributed by atoms with Crippen molar-refractivity contribution in [2.24, 2.45) is 11.8 Å². The Morgan fingerprint density at radius 1 is 0.950 bits per heavy atom. The van der Waals surface area contributed by atoms with E-state index in [4.69, 9.17) is 20.7 Å². The fourth-order valence-electron chi connectivity index (χ4n) is 1.46. The van der Waals surface area contributed by atoms with E-state index in [1.54, 1.807) is 13.8 Å². The van der Waals surface area contributed by atoms with Crippen molar-refractivity contribution in [1.82, 2.24) is 10.9 Å². The molecule has 110 valence electrons. The minimum absolute atomic E-state index is 0.0407. The molecule has 4 atom stereocenters. The predicted molar refractivity (Wildman–Crippen MR) is 67.9 cm³/mol. The van der Waals surface area contributed by atoms with Crippen LogP contribution in [-0.4, -0.2) is 34.2 Å². The number of nitrogens with zero attached hydrogens (tertiary/aromatic N) is 2. The second-order valence-corrected chi connectivity index (χ2v) is 4.60. The average Bonchev–Trinajstić information content (AvgIpc) is 2.40. The highest BCUT2D eigenvalue weighted by Crippen LogP contribution is 2.07. The van der Waals surface area contributed by atoms with Crippen LogP contribution in [0.2, 0.25) is 0 Å². The summed E-state index contributed by atoms with van der Waals surface area (Å²) in [6.07, 6.45) is 0.0813. The topological polar surface area (TPSA) is 146 Å². The van der Waals surface area contributed by atoms with Gasteiger partial charge in [0, 0.05) is 11.8 Å². The number of hydrogen-bond donors (Lipinski definition) is 4. The van der Waals surface area contributed by atoms with Crippen molar-refractivity contribution >= 4 is 11.9 Å². The van der Waals surface area contributed by atoms with Crippen molar-refractivity contribution in [3.05, 3.63) is 0 Å². The number of hydrogen-bond acceptors (Lipinski definition) is 6. The number of rotatable bonds is 9. The molecule has 4 N–H and O–H groups in total. The lowest BCUT2D eigenvalue weighted by atomic mass is 10.0. The first-order valence-electron chi connectivity index (χ1n) is 6.07. The quantitative estimate of drug-likeness (QED) is 0.435. The van der Waals surface area contributed by atoms with Gasteiger partial charge < -0.3 is 10.2 Å². The summed E-state index contributed by atoms with van der Waals surface area (Å²) >= 11 is 0. The zero-order chi connectivity index (χ0) is 15.7. The van der Waals surface area contributed by atoms with Crippen LogP contribution >= 0.6 is 0 Å². The number of carboxylic acid groups (broad SMARTS) is 2. The van der Waals surface area contributed by atoms with Gasteiger partial charge in [0.1, 0.15) is 12.1 Å². The minimum atomic E-state index is -1.18. The van der Waals surface area contributed by atoms with Gasteiger partial charge in [-0.15, -0.1) is 0 Å². The van der Waals surface area contributed by atoms with Gasteiger partial charge in [0.2, 0.25) is 0 Å². The van der Waals surface area contributed by atoms with Crippen LogP contribution < -0.4 is 10.9 Å². The third-order valence-corrected chi connectivity index (χ3v) is 2.65. The van der Waals surface area contributed by atoms with Gasteiger partial charge >= 0.3 is 11.9 Å². The Hall–Kier alpha value is -2.16. The third-order valence-electron chi connectivity index (χ3n) is 2.65. The van der Waals surface area contributed by atoms with Crippen LogP contribution in [0.3, 0.4) is 0 Å². The van der Waals surface area contributed by atoms with Crippen LogP contribution in [0.15, 0.2) is 0 Å². The van der Waals surface area contributed by atoms with Gasteiger partial charge in [-0.05, 0) is 26.7 Å². The molecule has 8 heteroatoms. The maximum Gasteiger partial charge on any atom is 0.322 e. The zero-order valence-corrected chi connectivity index (χ0v) is 11.3. The van der Waals surface area contributed by atoms with Crippen molar-refractivity contribution in [3.63, 3.8) is 0 Å². The molecule has 0 aromatic heterocycles. The van der Waals surface area contributed by atoms with Crippen LogP contribution in [0, 0.1) is 34.5 Å². The van der Waals surface area contributed by atoms with E-state index in [0.717, 1.165) is 0 Å². The molecule has 8 nitrogen and oxygen atoms in total. The normalized spacial score (nSPS) is 16.2. The van der Waals surface area contributed by atoms with E-state index in [0.29, 0.717) is 0 Å². The van der Waals surface area contributed by atoms with Gasteiger partial charge in [-0.2, -0.15) is 10.5 Å². The molecule has 0 fully saturated rings. The van der Waals surface area contributed by atoms with Crippen molar-refractivity contribution in [2.45, 2.75) is 38.8 Å². The second-order valence-electron chi connectivity index (χ2n) is 4.60. The van der Waals surface area contributed by atoms with Gasteiger partial charge in [-0.1, -0.05) is 0 Å². The molecule has 0 radical (unpaired) electrons. The van der Waals surface area contributed by atoms with Crippen LogP contribution in [-0.2, 0) is 9.59 Å². The summed E-state index contributed by atoms with van der Waals surface area (Å²) in [4.78, 5) is 22.0. The van der Waals surface area contributed by atoms with Gasteiger partial charge in [0.25, 0.3) is 0 Å². The monoisotopic (exact) mass is 282 g/mol. The Morgan fingerprint density at radius 2 is 1.25 bits per heavy atom. The van der Waals surface area contributed by atoms with E-state index in [2.05, 4.69) is 10.9 Å². The number of nitriles is 2. The first kappa shape index (κ1) is 17.8. The Labute approximate surface area is 117 Å². The minimum Gasteiger partial charge on any atom is -0.480 e. The predicted octanol–water partition coefficient (Wildman–Crippen LogP) is 0.0866. The largest absolute Gasteiger partial charge is 0.480 e. The number of carboxylic acids is 2. The van der Waals surface area contributed by atoms with E-state index >= 15 is 0 Å². The van der Waals surface area contributed by atoms with E-state index in [1.165, 1.54) is 0 Å². The molecule has 0 aliphatic heterocycles. The van der Waals surface area contributed by atoms with Crippen LogP contribution in [0.5, 0.6) is 0 Å². The molecule has 0 heterocycles.